The van der Waals surface area contributed by atoms with Crippen LogP contribution >= 0.6 is 23.2 Å². The van der Waals surface area contributed by atoms with Gasteiger partial charge in [-0.3, -0.25) is 0 Å². The van der Waals surface area contributed by atoms with Crippen molar-refractivity contribution in [3.63, 3.8) is 0 Å². The number of rotatable bonds is 3. The Morgan fingerprint density at radius 3 is 1.52 bits per heavy atom. The Morgan fingerprint density at radius 1 is 0.619 bits per heavy atom. The summed E-state index contributed by atoms with van der Waals surface area (Å²) in [4.78, 5) is 0. The molecule has 21 heavy (non-hydrogen) atoms. The number of hydrogen-bond acceptors (Lipinski definition) is 0. The molecule has 0 unspecified atom stereocenters. The molecule has 0 nitrogen and oxygen atoms in total. The standard InChI is InChI=1S/C19H17BrP/c1-21(16-10-4-2-5-11-16,17-12-6-3-7-13-17)19-15-9-8-14-18(19)20/h2-15H,1H3/q+1. The first-order valence-corrected chi connectivity index (χ1v) is 9.98. The molecule has 3 aromatic rings. The van der Waals surface area contributed by atoms with Gasteiger partial charge in [-0.05, 0) is 52.3 Å². The highest BCUT2D eigenvalue weighted by Gasteiger charge is 2.41. The van der Waals surface area contributed by atoms with Crippen LogP contribution in [0.5, 0.6) is 0 Å². The van der Waals surface area contributed by atoms with Gasteiger partial charge >= 0.3 is 0 Å². The molecule has 0 amide bonds. The van der Waals surface area contributed by atoms with E-state index in [1.807, 2.05) is 0 Å². The molecule has 3 rings (SSSR count). The lowest BCUT2D eigenvalue weighted by Crippen LogP contribution is -2.30. The Balaban J connectivity index is 2.29. The zero-order valence-corrected chi connectivity index (χ0v) is 14.4. The Bertz CT molecular complexity index is 683. The lowest BCUT2D eigenvalue weighted by molar-refractivity contribution is 1.69. The van der Waals surface area contributed by atoms with E-state index in [9.17, 15) is 0 Å². The van der Waals surface area contributed by atoms with Gasteiger partial charge in [-0.2, -0.15) is 0 Å². The minimum atomic E-state index is -1.61. The van der Waals surface area contributed by atoms with E-state index in [0.717, 1.165) is 0 Å². The predicted molar refractivity (Wildman–Crippen MR) is 98.8 cm³/mol. The smallest absolute Gasteiger partial charge is 0.0620 e. The van der Waals surface area contributed by atoms with Gasteiger partial charge in [-0.15, -0.1) is 0 Å². The zero-order valence-electron chi connectivity index (χ0n) is 11.9. The molecule has 0 atom stereocenters. The van der Waals surface area contributed by atoms with Crippen LogP contribution in [0.4, 0.5) is 0 Å². The van der Waals surface area contributed by atoms with Crippen molar-refractivity contribution in [2.75, 3.05) is 6.66 Å². The summed E-state index contributed by atoms with van der Waals surface area (Å²) in [5.74, 6) is 0. The molecule has 0 bridgehead atoms. The van der Waals surface area contributed by atoms with Crippen molar-refractivity contribution in [1.82, 2.24) is 0 Å². The fourth-order valence-corrected chi connectivity index (χ4v) is 7.32. The zero-order chi connectivity index (χ0) is 14.7. The molecule has 0 saturated carbocycles. The molecule has 0 aliphatic heterocycles. The van der Waals surface area contributed by atoms with E-state index in [1.165, 1.54) is 20.4 Å². The number of halogens is 1. The van der Waals surface area contributed by atoms with E-state index in [2.05, 4.69) is 108 Å². The van der Waals surface area contributed by atoms with Crippen LogP contribution in [0.3, 0.4) is 0 Å². The lowest BCUT2D eigenvalue weighted by atomic mass is 10.4. The molecule has 0 spiro atoms. The summed E-state index contributed by atoms with van der Waals surface area (Å²) in [5.41, 5.74) is 0. The molecule has 0 heterocycles. The van der Waals surface area contributed by atoms with Crippen molar-refractivity contribution in [3.05, 3.63) is 89.4 Å². The van der Waals surface area contributed by atoms with Crippen LogP contribution in [-0.2, 0) is 0 Å². The van der Waals surface area contributed by atoms with Crippen LogP contribution in [0, 0.1) is 0 Å². The summed E-state index contributed by atoms with van der Waals surface area (Å²) in [6.45, 7) is 2.40. The number of hydrogen-bond donors (Lipinski definition) is 0. The molecule has 0 saturated heterocycles. The summed E-state index contributed by atoms with van der Waals surface area (Å²) in [7, 11) is -1.61. The van der Waals surface area contributed by atoms with Crippen LogP contribution in [0.1, 0.15) is 0 Å². The molecule has 0 aliphatic carbocycles. The summed E-state index contributed by atoms with van der Waals surface area (Å²) in [5, 5.41) is 4.20. The van der Waals surface area contributed by atoms with Gasteiger partial charge in [0.25, 0.3) is 0 Å². The van der Waals surface area contributed by atoms with E-state index in [4.69, 9.17) is 0 Å². The third kappa shape index (κ3) is 2.69. The molecule has 104 valence electrons. The first-order valence-electron chi connectivity index (χ1n) is 6.96. The van der Waals surface area contributed by atoms with Crippen molar-refractivity contribution in [2.45, 2.75) is 0 Å². The lowest BCUT2D eigenvalue weighted by Gasteiger charge is -2.24. The maximum Gasteiger partial charge on any atom is 0.118 e. The van der Waals surface area contributed by atoms with E-state index < -0.39 is 7.26 Å². The Morgan fingerprint density at radius 2 is 1.05 bits per heavy atom. The molecule has 0 aromatic heterocycles. The van der Waals surface area contributed by atoms with Gasteiger partial charge in [0.1, 0.15) is 23.2 Å². The van der Waals surface area contributed by atoms with Gasteiger partial charge in [0.05, 0.1) is 11.1 Å². The molecular formula is C19H17BrP+. The Kier molecular flexibility index (Phi) is 4.24. The fourth-order valence-electron chi connectivity index (χ4n) is 2.69. The highest BCUT2D eigenvalue weighted by atomic mass is 79.9. The Labute approximate surface area is 135 Å². The van der Waals surface area contributed by atoms with E-state index in [0.29, 0.717) is 0 Å². The van der Waals surface area contributed by atoms with Gasteiger partial charge in [-0.25, -0.2) is 0 Å². The van der Waals surface area contributed by atoms with Crippen LogP contribution in [-0.4, -0.2) is 6.66 Å². The number of benzene rings is 3. The monoisotopic (exact) mass is 355 g/mol. The second kappa shape index (κ2) is 6.13. The first kappa shape index (κ1) is 14.5. The average molecular weight is 356 g/mol. The largest absolute Gasteiger partial charge is 0.118 e. The SMILES string of the molecule is C[P+](c1ccccc1)(c1ccccc1)c1ccccc1Br. The van der Waals surface area contributed by atoms with Gasteiger partial charge in [-0.1, -0.05) is 48.5 Å². The maximum absolute atomic E-state index is 3.75. The fraction of sp³-hybridized carbons (Fsp3) is 0.0526. The molecule has 0 radical (unpaired) electrons. The molecule has 0 aliphatic rings. The third-order valence-corrected chi connectivity index (χ3v) is 8.89. The highest BCUT2D eigenvalue weighted by Crippen LogP contribution is 2.52. The Hall–Kier alpha value is -1.43. The minimum Gasteiger partial charge on any atom is -0.0620 e. The van der Waals surface area contributed by atoms with E-state index in [-0.39, 0.29) is 0 Å². The molecule has 3 aromatic carbocycles. The van der Waals surface area contributed by atoms with Crippen molar-refractivity contribution in [2.24, 2.45) is 0 Å². The normalized spacial score (nSPS) is 11.3. The molecule has 2 heteroatoms. The van der Waals surface area contributed by atoms with Gasteiger partial charge in [0, 0.05) is 0 Å². The summed E-state index contributed by atoms with van der Waals surface area (Å²) in [6, 6.07) is 30.3. The molecular weight excluding hydrogens is 339 g/mol. The quantitative estimate of drug-likeness (QED) is 0.612. The molecule has 0 fully saturated rings. The predicted octanol–water partition coefficient (Wildman–Crippen LogP) is 4.37. The van der Waals surface area contributed by atoms with E-state index in [1.54, 1.807) is 0 Å². The van der Waals surface area contributed by atoms with Crippen molar-refractivity contribution in [1.29, 1.82) is 0 Å². The van der Waals surface area contributed by atoms with Crippen molar-refractivity contribution >= 4 is 39.1 Å². The van der Waals surface area contributed by atoms with Gasteiger partial charge < -0.3 is 0 Å². The highest BCUT2D eigenvalue weighted by molar-refractivity contribution is 9.10. The van der Waals surface area contributed by atoms with Crippen LogP contribution in [0.15, 0.2) is 89.4 Å². The van der Waals surface area contributed by atoms with Crippen molar-refractivity contribution in [3.8, 4) is 0 Å². The maximum atomic E-state index is 3.75. The van der Waals surface area contributed by atoms with Gasteiger partial charge in [0.2, 0.25) is 0 Å². The van der Waals surface area contributed by atoms with Gasteiger partial charge in [0.15, 0.2) is 0 Å². The summed E-state index contributed by atoms with van der Waals surface area (Å²) in [6.07, 6.45) is 0. The summed E-state index contributed by atoms with van der Waals surface area (Å²) < 4.78 is 1.19. The third-order valence-electron chi connectivity index (χ3n) is 3.88. The van der Waals surface area contributed by atoms with Crippen LogP contribution < -0.4 is 15.9 Å². The average Bonchev–Trinajstić information content (AvgIpc) is 2.56. The van der Waals surface area contributed by atoms with E-state index >= 15 is 0 Å². The first-order chi connectivity index (χ1) is 10.2. The minimum absolute atomic E-state index is 1.19. The summed E-state index contributed by atoms with van der Waals surface area (Å²) >= 11 is 3.75. The van der Waals surface area contributed by atoms with Crippen LogP contribution in [0.2, 0.25) is 0 Å². The second-order valence-electron chi connectivity index (χ2n) is 5.13. The topological polar surface area (TPSA) is 0 Å². The molecule has 0 N–H and O–H groups in total. The van der Waals surface area contributed by atoms with Crippen LogP contribution in [0.25, 0.3) is 0 Å². The van der Waals surface area contributed by atoms with Crippen molar-refractivity contribution < 1.29 is 0 Å². The second-order valence-corrected chi connectivity index (χ2v) is 9.51.